The van der Waals surface area contributed by atoms with E-state index in [-0.39, 0.29) is 17.8 Å². The molecule has 7 heteroatoms. The van der Waals surface area contributed by atoms with Gasteiger partial charge in [0.25, 0.3) is 0 Å². The largest absolute Gasteiger partial charge is 0.493 e. The van der Waals surface area contributed by atoms with Crippen LogP contribution in [0.15, 0.2) is 28.8 Å². The molecule has 2 fully saturated rings. The summed E-state index contributed by atoms with van der Waals surface area (Å²) in [6.45, 7) is 1.14. The molecule has 28 heavy (non-hydrogen) atoms. The van der Waals surface area contributed by atoms with Crippen LogP contribution in [-0.4, -0.2) is 34.1 Å². The van der Waals surface area contributed by atoms with Crippen LogP contribution in [0.2, 0.25) is 0 Å². The molecule has 2 aliphatic rings. The standard InChI is InChI=1S/C21H26FN3O3/c22-16-7-9-17(10-8-16)27-13-11-19-23-21(28-24-19)18-6-3-12-25(18)20(26)14-15-4-1-2-5-15/h7-10,15,18H,1-6,11-14H2. The average molecular weight is 387 g/mol. The summed E-state index contributed by atoms with van der Waals surface area (Å²) in [4.78, 5) is 19.1. The van der Waals surface area contributed by atoms with Crippen molar-refractivity contribution >= 4 is 5.91 Å². The van der Waals surface area contributed by atoms with Crippen molar-refractivity contribution in [1.82, 2.24) is 15.0 Å². The third-order valence-corrected chi connectivity index (χ3v) is 5.69. The van der Waals surface area contributed by atoms with Crippen molar-refractivity contribution in [2.24, 2.45) is 5.92 Å². The SMILES string of the molecule is O=C(CC1CCCC1)N1CCCC1c1nc(CCOc2ccc(F)cc2)no1. The lowest BCUT2D eigenvalue weighted by atomic mass is 10.0. The number of carbonyl (C=O) groups is 1. The first-order chi connectivity index (χ1) is 13.7. The molecule has 1 unspecified atom stereocenters. The summed E-state index contributed by atoms with van der Waals surface area (Å²) in [6, 6.07) is 5.79. The Morgan fingerprint density at radius 2 is 1.96 bits per heavy atom. The number of rotatable bonds is 7. The molecule has 0 N–H and O–H groups in total. The first kappa shape index (κ1) is 18.9. The molecule has 0 bridgehead atoms. The summed E-state index contributed by atoms with van der Waals surface area (Å²) in [6.07, 6.45) is 7.79. The van der Waals surface area contributed by atoms with Gasteiger partial charge in [-0.25, -0.2) is 4.39 Å². The van der Waals surface area contributed by atoms with Crippen LogP contribution < -0.4 is 4.74 Å². The topological polar surface area (TPSA) is 68.5 Å². The van der Waals surface area contributed by atoms with E-state index in [0.29, 0.717) is 42.8 Å². The molecule has 1 saturated carbocycles. The molecular weight excluding hydrogens is 361 g/mol. The highest BCUT2D eigenvalue weighted by molar-refractivity contribution is 5.77. The predicted octanol–water partition coefficient (Wildman–Crippen LogP) is 4.07. The fourth-order valence-electron chi connectivity index (χ4n) is 4.20. The Morgan fingerprint density at radius 3 is 2.75 bits per heavy atom. The van der Waals surface area contributed by atoms with Crippen LogP contribution in [0, 0.1) is 11.7 Å². The van der Waals surface area contributed by atoms with Gasteiger partial charge in [-0.05, 0) is 55.9 Å². The summed E-state index contributed by atoms with van der Waals surface area (Å²) in [5.74, 6) is 2.15. The number of likely N-dealkylation sites (tertiary alicyclic amines) is 1. The van der Waals surface area contributed by atoms with Gasteiger partial charge in [0, 0.05) is 19.4 Å². The van der Waals surface area contributed by atoms with E-state index in [1.165, 1.54) is 37.8 Å². The van der Waals surface area contributed by atoms with Gasteiger partial charge in [0.2, 0.25) is 11.8 Å². The van der Waals surface area contributed by atoms with Gasteiger partial charge < -0.3 is 14.2 Å². The Morgan fingerprint density at radius 1 is 1.18 bits per heavy atom. The summed E-state index contributed by atoms with van der Waals surface area (Å²) < 4.78 is 23.9. The molecule has 1 aliphatic carbocycles. The van der Waals surface area contributed by atoms with Crippen LogP contribution >= 0.6 is 0 Å². The third kappa shape index (κ3) is 4.51. The van der Waals surface area contributed by atoms with E-state index in [9.17, 15) is 9.18 Å². The van der Waals surface area contributed by atoms with Crippen molar-refractivity contribution in [2.75, 3.05) is 13.2 Å². The maximum Gasteiger partial charge on any atom is 0.249 e. The van der Waals surface area contributed by atoms with E-state index in [1.54, 1.807) is 12.1 Å². The second-order valence-electron chi connectivity index (χ2n) is 7.70. The number of hydrogen-bond acceptors (Lipinski definition) is 5. The number of aromatic nitrogens is 2. The lowest BCUT2D eigenvalue weighted by molar-refractivity contribution is -0.133. The summed E-state index contributed by atoms with van der Waals surface area (Å²) in [7, 11) is 0. The fourth-order valence-corrected chi connectivity index (χ4v) is 4.20. The molecule has 2 aromatic rings. The normalized spacial score (nSPS) is 20.0. The molecule has 2 heterocycles. The molecule has 1 atom stereocenters. The van der Waals surface area contributed by atoms with Crippen LogP contribution in [0.25, 0.3) is 0 Å². The van der Waals surface area contributed by atoms with Gasteiger partial charge in [-0.3, -0.25) is 4.79 Å². The zero-order valence-electron chi connectivity index (χ0n) is 16.0. The van der Waals surface area contributed by atoms with Crippen LogP contribution in [0.5, 0.6) is 5.75 Å². The fraction of sp³-hybridized carbons (Fsp3) is 0.571. The minimum absolute atomic E-state index is 0.104. The number of carbonyl (C=O) groups excluding carboxylic acids is 1. The minimum atomic E-state index is -0.293. The lowest BCUT2D eigenvalue weighted by Crippen LogP contribution is -2.31. The number of benzene rings is 1. The molecule has 1 saturated heterocycles. The lowest BCUT2D eigenvalue weighted by Gasteiger charge is -2.23. The predicted molar refractivity (Wildman–Crippen MR) is 100 cm³/mol. The molecule has 6 nitrogen and oxygen atoms in total. The smallest absolute Gasteiger partial charge is 0.249 e. The Hall–Kier alpha value is -2.44. The van der Waals surface area contributed by atoms with E-state index < -0.39 is 0 Å². The van der Waals surface area contributed by atoms with E-state index in [1.807, 2.05) is 4.90 Å². The Bertz CT molecular complexity index is 786. The summed E-state index contributed by atoms with van der Waals surface area (Å²) >= 11 is 0. The van der Waals surface area contributed by atoms with Crippen molar-refractivity contribution in [2.45, 2.75) is 57.4 Å². The zero-order chi connectivity index (χ0) is 19.3. The maximum atomic E-state index is 12.9. The van der Waals surface area contributed by atoms with Gasteiger partial charge in [-0.2, -0.15) is 4.98 Å². The van der Waals surface area contributed by atoms with Crippen molar-refractivity contribution in [3.63, 3.8) is 0 Å². The molecule has 150 valence electrons. The number of hydrogen-bond donors (Lipinski definition) is 0. The van der Waals surface area contributed by atoms with E-state index in [0.717, 1.165) is 19.4 Å². The van der Waals surface area contributed by atoms with Crippen molar-refractivity contribution in [3.05, 3.63) is 41.8 Å². The highest BCUT2D eigenvalue weighted by Gasteiger charge is 2.35. The quantitative estimate of drug-likeness (QED) is 0.716. The average Bonchev–Trinajstić information content (AvgIpc) is 3.44. The highest BCUT2D eigenvalue weighted by Crippen LogP contribution is 2.34. The van der Waals surface area contributed by atoms with Crippen LogP contribution in [0.3, 0.4) is 0 Å². The summed E-state index contributed by atoms with van der Waals surface area (Å²) in [5, 5.41) is 4.04. The van der Waals surface area contributed by atoms with Crippen molar-refractivity contribution in [3.8, 4) is 5.75 Å². The Balaban J connectivity index is 1.30. The molecule has 4 rings (SSSR count). The van der Waals surface area contributed by atoms with E-state index in [2.05, 4.69) is 10.1 Å². The van der Waals surface area contributed by atoms with Crippen molar-refractivity contribution in [1.29, 1.82) is 0 Å². The number of nitrogens with zero attached hydrogens (tertiary/aromatic N) is 3. The number of ether oxygens (including phenoxy) is 1. The first-order valence-corrected chi connectivity index (χ1v) is 10.2. The molecular formula is C21H26FN3O3. The van der Waals surface area contributed by atoms with Gasteiger partial charge >= 0.3 is 0 Å². The van der Waals surface area contributed by atoms with Crippen LogP contribution in [-0.2, 0) is 11.2 Å². The third-order valence-electron chi connectivity index (χ3n) is 5.69. The monoisotopic (exact) mass is 387 g/mol. The van der Waals surface area contributed by atoms with Gasteiger partial charge in [0.1, 0.15) is 17.6 Å². The molecule has 0 spiro atoms. The molecule has 1 aromatic carbocycles. The van der Waals surface area contributed by atoms with Gasteiger partial charge in [-0.1, -0.05) is 18.0 Å². The summed E-state index contributed by atoms with van der Waals surface area (Å²) in [5.41, 5.74) is 0. The van der Waals surface area contributed by atoms with E-state index >= 15 is 0 Å². The first-order valence-electron chi connectivity index (χ1n) is 10.2. The zero-order valence-corrected chi connectivity index (χ0v) is 16.0. The van der Waals surface area contributed by atoms with Gasteiger partial charge in [0.15, 0.2) is 5.82 Å². The minimum Gasteiger partial charge on any atom is -0.493 e. The second kappa shape index (κ2) is 8.71. The molecule has 1 amide bonds. The second-order valence-corrected chi connectivity index (χ2v) is 7.70. The highest BCUT2D eigenvalue weighted by atomic mass is 19.1. The number of halogens is 1. The van der Waals surface area contributed by atoms with Crippen LogP contribution in [0.4, 0.5) is 4.39 Å². The maximum absolute atomic E-state index is 12.9. The van der Waals surface area contributed by atoms with Gasteiger partial charge in [-0.15, -0.1) is 0 Å². The van der Waals surface area contributed by atoms with Crippen LogP contribution in [0.1, 0.15) is 62.7 Å². The number of amides is 1. The van der Waals surface area contributed by atoms with Gasteiger partial charge in [0.05, 0.1) is 6.61 Å². The van der Waals surface area contributed by atoms with Crippen molar-refractivity contribution < 1.29 is 18.4 Å². The molecule has 1 aliphatic heterocycles. The van der Waals surface area contributed by atoms with E-state index in [4.69, 9.17) is 9.26 Å². The molecule has 1 aromatic heterocycles. The Kier molecular flexibility index (Phi) is 5.88. The molecule has 0 radical (unpaired) electrons. The Labute approximate surface area is 164 Å².